The van der Waals surface area contributed by atoms with Crippen molar-refractivity contribution in [1.82, 2.24) is 0 Å². The molecule has 1 N–H and O–H groups in total. The summed E-state index contributed by atoms with van der Waals surface area (Å²) in [6.07, 6.45) is 15.2. The molecule has 31 heavy (non-hydrogen) atoms. The normalized spacial score (nSPS) is 47.8. The number of hydrogen-bond acceptors (Lipinski definition) is 1. The maximum atomic E-state index is 10.8. The van der Waals surface area contributed by atoms with E-state index in [9.17, 15) is 5.11 Å². The highest BCUT2D eigenvalue weighted by Crippen LogP contribution is 2.75. The third kappa shape index (κ3) is 3.34. The number of hydrogen-bond donors (Lipinski definition) is 1. The number of allylic oxidation sites excluding steroid dienone is 4. The lowest BCUT2D eigenvalue weighted by molar-refractivity contribution is -0.217. The van der Waals surface area contributed by atoms with Crippen molar-refractivity contribution in [2.75, 3.05) is 0 Å². The van der Waals surface area contributed by atoms with Crippen molar-refractivity contribution < 1.29 is 5.11 Å². The van der Waals surface area contributed by atoms with Gasteiger partial charge < -0.3 is 5.11 Å². The van der Waals surface area contributed by atoms with Gasteiger partial charge in [0.25, 0.3) is 0 Å². The second kappa shape index (κ2) is 7.75. The highest BCUT2D eigenvalue weighted by atomic mass is 16.3. The van der Waals surface area contributed by atoms with Crippen molar-refractivity contribution in [3.8, 4) is 0 Å². The highest BCUT2D eigenvalue weighted by Gasteiger charge is 2.67. The Hall–Kier alpha value is -0.560. The molecule has 4 aliphatic carbocycles. The minimum absolute atomic E-state index is 0.0638. The number of rotatable bonds is 3. The minimum atomic E-state index is -0.119. The van der Waals surface area contributed by atoms with Crippen LogP contribution in [0.5, 0.6) is 0 Å². The largest absolute Gasteiger partial charge is 0.393 e. The zero-order valence-corrected chi connectivity index (χ0v) is 21.9. The molecular formula is C30H50O. The van der Waals surface area contributed by atoms with Crippen LogP contribution in [0, 0.1) is 39.4 Å². The zero-order valence-electron chi connectivity index (χ0n) is 21.9. The van der Waals surface area contributed by atoms with Crippen molar-refractivity contribution in [2.24, 2.45) is 39.4 Å². The van der Waals surface area contributed by atoms with Gasteiger partial charge in [0, 0.05) is 0 Å². The molecule has 0 amide bonds. The van der Waals surface area contributed by atoms with Gasteiger partial charge in [-0.2, -0.15) is 0 Å². The first kappa shape index (κ1) is 23.6. The van der Waals surface area contributed by atoms with Crippen LogP contribution >= 0.6 is 0 Å². The van der Waals surface area contributed by atoms with Crippen molar-refractivity contribution in [2.45, 2.75) is 126 Å². The van der Waals surface area contributed by atoms with Crippen LogP contribution in [-0.4, -0.2) is 11.2 Å². The Bertz CT molecular complexity index is 767. The fraction of sp³-hybridized carbons (Fsp3) is 0.867. The molecule has 0 unspecified atom stereocenters. The lowest BCUT2D eigenvalue weighted by Gasteiger charge is -2.69. The number of aliphatic hydroxyl groups excluding tert-OH is 1. The Labute approximate surface area is 193 Å². The van der Waals surface area contributed by atoms with Crippen LogP contribution in [0.4, 0.5) is 0 Å². The first-order chi connectivity index (χ1) is 14.4. The van der Waals surface area contributed by atoms with E-state index in [0.717, 1.165) is 18.3 Å². The van der Waals surface area contributed by atoms with Crippen molar-refractivity contribution in [1.29, 1.82) is 0 Å². The van der Waals surface area contributed by atoms with Gasteiger partial charge in [0.15, 0.2) is 0 Å². The van der Waals surface area contributed by atoms with Gasteiger partial charge in [-0.15, -0.1) is 0 Å². The number of aliphatic hydroxyl groups is 1. The van der Waals surface area contributed by atoms with Crippen LogP contribution in [0.15, 0.2) is 22.8 Å². The van der Waals surface area contributed by atoms with Gasteiger partial charge in [-0.05, 0) is 124 Å². The first-order valence-electron chi connectivity index (χ1n) is 13.4. The molecule has 1 nitrogen and oxygen atoms in total. The Morgan fingerprint density at radius 2 is 1.58 bits per heavy atom. The Kier molecular flexibility index (Phi) is 5.90. The van der Waals surface area contributed by atoms with E-state index in [1.165, 1.54) is 63.4 Å². The van der Waals surface area contributed by atoms with E-state index < -0.39 is 0 Å². The van der Waals surface area contributed by atoms with Crippen LogP contribution < -0.4 is 0 Å². The Morgan fingerprint density at radius 1 is 0.871 bits per heavy atom. The molecule has 4 rings (SSSR count). The van der Waals surface area contributed by atoms with Gasteiger partial charge >= 0.3 is 0 Å². The van der Waals surface area contributed by atoms with Gasteiger partial charge in [-0.25, -0.2) is 0 Å². The van der Waals surface area contributed by atoms with Crippen LogP contribution in [0.25, 0.3) is 0 Å². The lowest BCUT2D eigenvalue weighted by Crippen LogP contribution is -2.63. The van der Waals surface area contributed by atoms with Gasteiger partial charge in [-0.1, -0.05) is 57.4 Å². The zero-order chi connectivity index (χ0) is 22.8. The van der Waals surface area contributed by atoms with E-state index in [1.807, 2.05) is 5.57 Å². The summed E-state index contributed by atoms with van der Waals surface area (Å²) in [6.45, 7) is 19.6. The fourth-order valence-corrected chi connectivity index (χ4v) is 9.76. The fourth-order valence-electron chi connectivity index (χ4n) is 9.76. The predicted molar refractivity (Wildman–Crippen MR) is 133 cm³/mol. The summed E-state index contributed by atoms with van der Waals surface area (Å²) in [5, 5.41) is 10.8. The SMILES string of the molecule is CC(C)=CCC/C(C)=C1/CC[C@@]2(C)[C@H]1CC[C@H]1[C@@]3(C)CC[C@H](O)C(C)(C)[C@@H]3CC[C@@]12C. The quantitative estimate of drug-likeness (QED) is 0.449. The maximum Gasteiger partial charge on any atom is 0.0594 e. The average Bonchev–Trinajstić information content (AvgIpc) is 3.03. The molecule has 0 heterocycles. The number of fused-ring (bicyclic) bond motifs is 5. The molecule has 7 atom stereocenters. The van der Waals surface area contributed by atoms with E-state index in [2.05, 4.69) is 61.5 Å². The predicted octanol–water partition coefficient (Wildman–Crippen LogP) is 8.48. The van der Waals surface area contributed by atoms with Gasteiger partial charge in [0.05, 0.1) is 6.10 Å². The van der Waals surface area contributed by atoms with Crippen LogP contribution in [-0.2, 0) is 0 Å². The van der Waals surface area contributed by atoms with Gasteiger partial charge in [0.1, 0.15) is 0 Å². The summed E-state index contributed by atoms with van der Waals surface area (Å²) in [6, 6.07) is 0. The second-order valence-corrected chi connectivity index (χ2v) is 13.6. The molecule has 0 spiro atoms. The maximum absolute atomic E-state index is 10.8. The second-order valence-electron chi connectivity index (χ2n) is 13.6. The van der Waals surface area contributed by atoms with E-state index >= 15 is 0 Å². The topological polar surface area (TPSA) is 20.2 Å². The summed E-state index contributed by atoms with van der Waals surface area (Å²) in [5.74, 6) is 2.30. The molecule has 4 saturated carbocycles. The molecule has 0 aromatic carbocycles. The first-order valence-corrected chi connectivity index (χ1v) is 13.4. The van der Waals surface area contributed by atoms with E-state index in [-0.39, 0.29) is 11.5 Å². The Balaban J connectivity index is 1.64. The van der Waals surface area contributed by atoms with Crippen LogP contribution in [0.2, 0.25) is 0 Å². The molecule has 4 aliphatic rings. The molecule has 176 valence electrons. The summed E-state index contributed by atoms with van der Waals surface area (Å²) >= 11 is 0. The molecule has 0 bridgehead atoms. The smallest absolute Gasteiger partial charge is 0.0594 e. The van der Waals surface area contributed by atoms with Crippen molar-refractivity contribution >= 4 is 0 Å². The molecule has 1 heteroatoms. The standard InChI is InChI=1S/C30H50O/c1-20(2)10-9-11-21(3)22-14-18-29(7)23(22)12-13-25-28(6)17-16-26(31)27(4,5)24(28)15-19-30(25,29)8/h10,23-26,31H,9,11-19H2,1-8H3/b22-21-/t23-,24-,25-,26-,28-,29-,30-/m0/s1. The Morgan fingerprint density at radius 3 is 2.26 bits per heavy atom. The van der Waals surface area contributed by atoms with E-state index in [0.29, 0.717) is 22.2 Å². The van der Waals surface area contributed by atoms with Crippen LogP contribution in [0.3, 0.4) is 0 Å². The van der Waals surface area contributed by atoms with E-state index in [1.54, 1.807) is 5.57 Å². The highest BCUT2D eigenvalue weighted by molar-refractivity contribution is 5.29. The molecular weight excluding hydrogens is 376 g/mol. The molecule has 0 saturated heterocycles. The summed E-state index contributed by atoms with van der Waals surface area (Å²) in [5.41, 5.74) is 6.36. The monoisotopic (exact) mass is 426 g/mol. The molecule has 0 radical (unpaired) electrons. The summed E-state index contributed by atoms with van der Waals surface area (Å²) < 4.78 is 0. The molecule has 0 aromatic heterocycles. The summed E-state index contributed by atoms with van der Waals surface area (Å²) in [7, 11) is 0. The summed E-state index contributed by atoms with van der Waals surface area (Å²) in [4.78, 5) is 0. The van der Waals surface area contributed by atoms with Crippen molar-refractivity contribution in [3.05, 3.63) is 22.8 Å². The lowest BCUT2D eigenvalue weighted by atomic mass is 9.35. The minimum Gasteiger partial charge on any atom is -0.393 e. The molecule has 4 fully saturated rings. The third-order valence-electron chi connectivity index (χ3n) is 11.8. The van der Waals surface area contributed by atoms with Gasteiger partial charge in [0.2, 0.25) is 0 Å². The van der Waals surface area contributed by atoms with Crippen LogP contribution in [0.1, 0.15) is 120 Å². The van der Waals surface area contributed by atoms with E-state index in [4.69, 9.17) is 0 Å². The average molecular weight is 427 g/mol. The molecule has 0 aliphatic heterocycles. The van der Waals surface area contributed by atoms with Crippen molar-refractivity contribution in [3.63, 3.8) is 0 Å². The van der Waals surface area contributed by atoms with Gasteiger partial charge in [-0.3, -0.25) is 0 Å². The third-order valence-corrected chi connectivity index (χ3v) is 11.8. The molecule has 0 aromatic rings.